The average Bonchev–Trinajstić information content (AvgIpc) is 3.10. The van der Waals surface area contributed by atoms with E-state index in [4.69, 9.17) is 4.74 Å². The van der Waals surface area contributed by atoms with Crippen molar-refractivity contribution in [1.29, 1.82) is 0 Å². The van der Waals surface area contributed by atoms with Crippen molar-refractivity contribution in [3.63, 3.8) is 0 Å². The van der Waals surface area contributed by atoms with E-state index in [-0.39, 0.29) is 5.69 Å². The number of rotatable bonds is 7. The van der Waals surface area contributed by atoms with Gasteiger partial charge in [0.15, 0.2) is 0 Å². The van der Waals surface area contributed by atoms with Crippen molar-refractivity contribution >= 4 is 17.8 Å². The Bertz CT molecular complexity index is 1040. The monoisotopic (exact) mass is 393 g/mol. The van der Waals surface area contributed by atoms with Crippen LogP contribution in [0.25, 0.3) is 11.3 Å². The van der Waals surface area contributed by atoms with Crippen LogP contribution in [0, 0.1) is 17.0 Å². The number of amides is 1. The number of aromatic amines is 1. The Balaban J connectivity index is 1.67. The summed E-state index contributed by atoms with van der Waals surface area (Å²) < 4.78 is 5.43. The second-order valence-corrected chi connectivity index (χ2v) is 6.08. The lowest BCUT2D eigenvalue weighted by Crippen LogP contribution is -2.19. The topological polar surface area (TPSA) is 123 Å². The molecule has 29 heavy (non-hydrogen) atoms. The Hall–Kier alpha value is -4.01. The number of nitrogens with zero attached hydrogens (tertiary/aromatic N) is 3. The maximum absolute atomic E-state index is 12.4. The molecule has 0 saturated carbocycles. The molecule has 0 aliphatic rings. The average molecular weight is 393 g/mol. The molecule has 0 spiro atoms. The van der Waals surface area contributed by atoms with Crippen LogP contribution in [0.5, 0.6) is 5.75 Å². The highest BCUT2D eigenvalue weighted by Crippen LogP contribution is 2.25. The van der Waals surface area contributed by atoms with Crippen LogP contribution < -0.4 is 10.2 Å². The summed E-state index contributed by atoms with van der Waals surface area (Å²) in [7, 11) is 0. The number of aromatic nitrogens is 2. The van der Waals surface area contributed by atoms with Gasteiger partial charge in [0.2, 0.25) is 0 Å². The number of nitrogens with one attached hydrogen (secondary N) is 2. The smallest absolute Gasteiger partial charge is 0.289 e. The van der Waals surface area contributed by atoms with E-state index in [9.17, 15) is 14.9 Å². The van der Waals surface area contributed by atoms with Crippen molar-refractivity contribution in [2.45, 2.75) is 13.8 Å². The Morgan fingerprint density at radius 1 is 1.24 bits per heavy atom. The first-order valence-corrected chi connectivity index (χ1v) is 8.85. The van der Waals surface area contributed by atoms with Crippen LogP contribution in [0.15, 0.2) is 53.6 Å². The van der Waals surface area contributed by atoms with Gasteiger partial charge in [0.05, 0.1) is 23.4 Å². The third-order valence-corrected chi connectivity index (χ3v) is 4.16. The Morgan fingerprint density at radius 3 is 2.55 bits per heavy atom. The van der Waals surface area contributed by atoms with Crippen LogP contribution in [-0.2, 0) is 0 Å². The molecule has 0 aliphatic heterocycles. The molecule has 0 saturated heterocycles. The molecule has 3 aromatic rings. The van der Waals surface area contributed by atoms with Crippen LogP contribution in [0.2, 0.25) is 0 Å². The molecule has 0 radical (unpaired) electrons. The molecule has 0 fully saturated rings. The van der Waals surface area contributed by atoms with Crippen molar-refractivity contribution in [2.75, 3.05) is 6.61 Å². The molecule has 0 unspecified atom stereocenters. The summed E-state index contributed by atoms with van der Waals surface area (Å²) in [6.07, 6.45) is 1.40. The van der Waals surface area contributed by atoms with E-state index in [0.29, 0.717) is 29.1 Å². The molecule has 3 rings (SSSR count). The number of carbonyl (C=O) groups is 1. The van der Waals surface area contributed by atoms with Crippen molar-refractivity contribution in [2.24, 2.45) is 5.10 Å². The number of hydrogen-bond donors (Lipinski definition) is 2. The van der Waals surface area contributed by atoms with Crippen molar-refractivity contribution in [1.82, 2.24) is 15.6 Å². The maximum atomic E-state index is 12.4. The Morgan fingerprint density at radius 2 is 1.93 bits per heavy atom. The number of non-ortho nitro benzene ring substituents is 1. The first kappa shape index (κ1) is 19.7. The summed E-state index contributed by atoms with van der Waals surface area (Å²) in [4.78, 5) is 22.6. The zero-order chi connectivity index (χ0) is 20.8. The standard InChI is InChI=1S/C20H19N5O4/c1-3-29-17-10-6-15(7-11-17)18-13(2)19(23-22-18)20(26)24-21-12-14-4-8-16(9-5-14)25(27)28/h4-12H,3H2,1-2H3,(H,22,23)(H,24,26). The summed E-state index contributed by atoms with van der Waals surface area (Å²) in [5, 5.41) is 21.5. The highest BCUT2D eigenvalue weighted by atomic mass is 16.6. The number of hydrazone groups is 1. The van der Waals surface area contributed by atoms with Crippen molar-refractivity contribution in [3.05, 3.63) is 75.5 Å². The van der Waals surface area contributed by atoms with Gasteiger partial charge in [-0.1, -0.05) is 0 Å². The van der Waals surface area contributed by atoms with Crippen molar-refractivity contribution in [3.8, 4) is 17.0 Å². The predicted molar refractivity (Wildman–Crippen MR) is 108 cm³/mol. The Kier molecular flexibility index (Phi) is 5.98. The van der Waals surface area contributed by atoms with Crippen LogP contribution in [0.3, 0.4) is 0 Å². The molecule has 0 aliphatic carbocycles. The van der Waals surface area contributed by atoms with Gasteiger partial charge in [0.25, 0.3) is 11.6 Å². The number of nitro groups is 1. The molecule has 148 valence electrons. The fourth-order valence-corrected chi connectivity index (χ4v) is 2.68. The second kappa shape index (κ2) is 8.79. The number of benzene rings is 2. The Labute approximate surface area is 166 Å². The fraction of sp³-hybridized carbons (Fsp3) is 0.150. The highest BCUT2D eigenvalue weighted by Gasteiger charge is 2.16. The van der Waals surface area contributed by atoms with Gasteiger partial charge >= 0.3 is 0 Å². The molecular weight excluding hydrogens is 374 g/mol. The third-order valence-electron chi connectivity index (χ3n) is 4.16. The molecule has 2 aromatic carbocycles. The molecule has 1 heterocycles. The summed E-state index contributed by atoms with van der Waals surface area (Å²) >= 11 is 0. The largest absolute Gasteiger partial charge is 0.494 e. The van der Waals surface area contributed by atoms with Crippen LogP contribution in [0.4, 0.5) is 5.69 Å². The molecule has 2 N–H and O–H groups in total. The predicted octanol–water partition coefficient (Wildman–Crippen LogP) is 3.46. The molecular formula is C20H19N5O4. The van der Waals surface area contributed by atoms with E-state index in [1.165, 1.54) is 18.3 Å². The van der Waals surface area contributed by atoms with E-state index in [2.05, 4.69) is 20.7 Å². The second-order valence-electron chi connectivity index (χ2n) is 6.08. The minimum atomic E-state index is -0.480. The molecule has 0 bridgehead atoms. The zero-order valence-corrected chi connectivity index (χ0v) is 15.9. The summed E-state index contributed by atoms with van der Waals surface area (Å²) in [6, 6.07) is 13.3. The zero-order valence-electron chi connectivity index (χ0n) is 15.9. The van der Waals surface area contributed by atoms with E-state index in [0.717, 1.165) is 11.3 Å². The lowest BCUT2D eigenvalue weighted by atomic mass is 10.1. The van der Waals surface area contributed by atoms with Gasteiger partial charge in [0.1, 0.15) is 11.4 Å². The fourth-order valence-electron chi connectivity index (χ4n) is 2.68. The minimum absolute atomic E-state index is 0.0129. The molecule has 1 amide bonds. The first-order chi connectivity index (χ1) is 14.0. The lowest BCUT2D eigenvalue weighted by Gasteiger charge is -2.04. The van der Waals surface area contributed by atoms with Gasteiger partial charge in [-0.05, 0) is 55.8 Å². The number of carbonyl (C=O) groups excluding carboxylic acids is 1. The quantitative estimate of drug-likeness (QED) is 0.362. The molecule has 0 atom stereocenters. The van der Waals surface area contributed by atoms with Crippen LogP contribution >= 0.6 is 0 Å². The third kappa shape index (κ3) is 4.64. The molecule has 1 aromatic heterocycles. The van der Waals surface area contributed by atoms with E-state index < -0.39 is 10.8 Å². The summed E-state index contributed by atoms with van der Waals surface area (Å²) in [6.45, 7) is 4.30. The van der Waals surface area contributed by atoms with Gasteiger partial charge in [0, 0.05) is 23.3 Å². The minimum Gasteiger partial charge on any atom is -0.494 e. The summed E-state index contributed by atoms with van der Waals surface area (Å²) in [5.74, 6) is 0.327. The SMILES string of the molecule is CCOc1ccc(-c2n[nH]c(C(=O)NN=Cc3ccc([N+](=O)[O-])cc3)c2C)cc1. The van der Waals surface area contributed by atoms with Gasteiger partial charge in [-0.2, -0.15) is 10.2 Å². The molecule has 9 heteroatoms. The van der Waals surface area contributed by atoms with Crippen molar-refractivity contribution < 1.29 is 14.5 Å². The molecule has 9 nitrogen and oxygen atoms in total. The number of ether oxygens (including phenoxy) is 1. The van der Waals surface area contributed by atoms with Crippen LogP contribution in [0.1, 0.15) is 28.5 Å². The number of hydrogen-bond acceptors (Lipinski definition) is 6. The van der Waals surface area contributed by atoms with Gasteiger partial charge in [-0.15, -0.1) is 0 Å². The van der Waals surface area contributed by atoms with Gasteiger partial charge in [-0.25, -0.2) is 5.43 Å². The maximum Gasteiger partial charge on any atom is 0.289 e. The first-order valence-electron chi connectivity index (χ1n) is 8.85. The lowest BCUT2D eigenvalue weighted by molar-refractivity contribution is -0.384. The highest BCUT2D eigenvalue weighted by molar-refractivity contribution is 5.96. The van der Waals surface area contributed by atoms with Gasteiger partial charge < -0.3 is 4.74 Å². The normalized spacial score (nSPS) is 10.8. The van der Waals surface area contributed by atoms with E-state index in [1.807, 2.05) is 31.2 Å². The number of nitro benzene ring substituents is 1. The number of H-pyrrole nitrogens is 1. The summed E-state index contributed by atoms with van der Waals surface area (Å²) in [5.41, 5.74) is 5.54. The van der Waals surface area contributed by atoms with E-state index >= 15 is 0 Å². The van der Waals surface area contributed by atoms with Crippen LogP contribution in [-0.4, -0.2) is 33.8 Å². The van der Waals surface area contributed by atoms with Gasteiger partial charge in [-0.3, -0.25) is 20.0 Å². The van der Waals surface area contributed by atoms with E-state index in [1.54, 1.807) is 19.1 Å².